The van der Waals surface area contributed by atoms with Crippen LogP contribution in [0, 0.1) is 5.92 Å². The van der Waals surface area contributed by atoms with Gasteiger partial charge in [-0.2, -0.15) is 0 Å². The van der Waals surface area contributed by atoms with Crippen molar-refractivity contribution in [3.8, 4) is 0 Å². The molecule has 158 valence electrons. The van der Waals surface area contributed by atoms with E-state index in [1.165, 1.54) is 24.3 Å². The minimum Gasteiger partial charge on any atom is -0.507 e. The Labute approximate surface area is 180 Å². The Morgan fingerprint density at radius 1 is 1.17 bits per heavy atom. The number of hydrogen-bond donors (Lipinski definition) is 2. The number of halogens is 1. The average molecular weight is 448 g/mol. The van der Waals surface area contributed by atoms with Crippen molar-refractivity contribution in [3.05, 3.63) is 70.4 Å². The number of cyclic esters (lactones) is 1. The molecule has 0 bridgehead atoms. The maximum absolute atomic E-state index is 12.7. The molecule has 1 unspecified atom stereocenters. The second kappa shape index (κ2) is 7.32. The zero-order chi connectivity index (χ0) is 21.7. The molecule has 1 saturated carbocycles. The van der Waals surface area contributed by atoms with Gasteiger partial charge in [0, 0.05) is 16.6 Å². The fourth-order valence-corrected chi connectivity index (χ4v) is 4.93. The van der Waals surface area contributed by atoms with Crippen molar-refractivity contribution in [2.45, 2.75) is 43.1 Å². The van der Waals surface area contributed by atoms with Gasteiger partial charge in [-0.1, -0.05) is 23.7 Å². The number of esters is 1. The molecule has 0 saturated heterocycles. The number of aliphatic hydroxyl groups is 1. The predicted molar refractivity (Wildman–Crippen MR) is 114 cm³/mol. The van der Waals surface area contributed by atoms with Gasteiger partial charge < -0.3 is 9.84 Å². The molecule has 8 heteroatoms. The van der Waals surface area contributed by atoms with Crippen molar-refractivity contribution in [1.82, 2.24) is 0 Å². The average Bonchev–Trinajstić information content (AvgIpc) is 3.47. The first kappa shape index (κ1) is 20.8. The van der Waals surface area contributed by atoms with Gasteiger partial charge in [0.15, 0.2) is 5.60 Å². The largest absolute Gasteiger partial charge is 0.507 e. The first-order chi connectivity index (χ1) is 14.1. The summed E-state index contributed by atoms with van der Waals surface area (Å²) in [6.07, 6.45) is 1.85. The SMILES string of the molecule is CC1(C)OC(=O)C(C(c2cccc(NS(=O)(=O)c3ccc(Cl)cc3)c2)C2CC2)=C1O. The van der Waals surface area contributed by atoms with Crippen molar-refractivity contribution < 1.29 is 23.1 Å². The minimum absolute atomic E-state index is 0.0588. The van der Waals surface area contributed by atoms with Gasteiger partial charge in [0.2, 0.25) is 0 Å². The summed E-state index contributed by atoms with van der Waals surface area (Å²) >= 11 is 5.84. The highest BCUT2D eigenvalue weighted by atomic mass is 35.5. The highest BCUT2D eigenvalue weighted by Gasteiger charge is 2.48. The lowest BCUT2D eigenvalue weighted by Gasteiger charge is -2.18. The van der Waals surface area contributed by atoms with Crippen LogP contribution in [0.2, 0.25) is 5.02 Å². The monoisotopic (exact) mass is 447 g/mol. The van der Waals surface area contributed by atoms with Crippen LogP contribution in [-0.2, 0) is 19.6 Å². The summed E-state index contributed by atoms with van der Waals surface area (Å²) in [7, 11) is -3.80. The molecular formula is C22H22ClNO5S. The number of hydrogen-bond acceptors (Lipinski definition) is 5. The number of nitrogens with one attached hydrogen (secondary N) is 1. The summed E-state index contributed by atoms with van der Waals surface area (Å²) in [5.41, 5.74) is 0.330. The molecule has 0 amide bonds. The number of rotatable bonds is 6. The second-order valence-electron chi connectivity index (χ2n) is 8.16. The Bertz CT molecular complexity index is 1130. The van der Waals surface area contributed by atoms with Crippen LogP contribution in [0.5, 0.6) is 0 Å². The van der Waals surface area contributed by atoms with E-state index in [2.05, 4.69) is 4.72 Å². The van der Waals surface area contributed by atoms with Crippen molar-refractivity contribution >= 4 is 33.3 Å². The van der Waals surface area contributed by atoms with Crippen LogP contribution in [0.4, 0.5) is 5.69 Å². The maximum Gasteiger partial charge on any atom is 0.339 e. The lowest BCUT2D eigenvalue weighted by molar-refractivity contribution is -0.145. The van der Waals surface area contributed by atoms with Crippen LogP contribution < -0.4 is 4.72 Å². The molecule has 1 aliphatic carbocycles. The number of carbonyl (C=O) groups is 1. The van der Waals surface area contributed by atoms with Gasteiger partial charge in [0.25, 0.3) is 10.0 Å². The summed E-state index contributed by atoms with van der Waals surface area (Å²) in [5.74, 6) is -0.732. The summed E-state index contributed by atoms with van der Waals surface area (Å²) in [6.45, 7) is 3.29. The van der Waals surface area contributed by atoms with Gasteiger partial charge in [-0.05, 0) is 74.6 Å². The van der Waals surface area contributed by atoms with E-state index in [-0.39, 0.29) is 28.1 Å². The van der Waals surface area contributed by atoms with Crippen LogP contribution in [0.25, 0.3) is 0 Å². The second-order valence-corrected chi connectivity index (χ2v) is 10.3. The van der Waals surface area contributed by atoms with Crippen molar-refractivity contribution in [3.63, 3.8) is 0 Å². The van der Waals surface area contributed by atoms with Gasteiger partial charge in [-0.3, -0.25) is 4.72 Å². The summed E-state index contributed by atoms with van der Waals surface area (Å²) in [6, 6.07) is 12.8. The maximum atomic E-state index is 12.7. The van der Waals surface area contributed by atoms with Crippen LogP contribution in [0.1, 0.15) is 38.2 Å². The Morgan fingerprint density at radius 3 is 2.40 bits per heavy atom. The zero-order valence-corrected chi connectivity index (χ0v) is 18.1. The molecule has 1 aliphatic heterocycles. The normalized spacial score (nSPS) is 19.5. The van der Waals surface area contributed by atoms with Gasteiger partial charge in [0.1, 0.15) is 5.76 Å². The molecule has 4 rings (SSSR count). The smallest absolute Gasteiger partial charge is 0.339 e. The highest BCUT2D eigenvalue weighted by molar-refractivity contribution is 7.92. The molecule has 2 aliphatic rings. The Morgan fingerprint density at radius 2 is 1.83 bits per heavy atom. The Hall–Kier alpha value is -2.51. The topological polar surface area (TPSA) is 92.7 Å². The molecule has 6 nitrogen and oxygen atoms in total. The van der Waals surface area contributed by atoms with Gasteiger partial charge in [0.05, 0.1) is 10.5 Å². The van der Waals surface area contributed by atoms with E-state index < -0.39 is 21.6 Å². The van der Waals surface area contributed by atoms with E-state index in [4.69, 9.17) is 16.3 Å². The molecule has 0 aromatic heterocycles. The van der Waals surface area contributed by atoms with Crippen LogP contribution >= 0.6 is 11.6 Å². The summed E-state index contributed by atoms with van der Waals surface area (Å²) < 4.78 is 33.3. The van der Waals surface area contributed by atoms with E-state index in [1.54, 1.807) is 32.0 Å². The van der Waals surface area contributed by atoms with Gasteiger partial charge in [-0.15, -0.1) is 0 Å². The number of carbonyl (C=O) groups excluding carboxylic acids is 1. The van der Waals surface area contributed by atoms with E-state index in [9.17, 15) is 18.3 Å². The molecule has 2 N–H and O–H groups in total. The lowest BCUT2D eigenvalue weighted by Crippen LogP contribution is -2.22. The lowest BCUT2D eigenvalue weighted by atomic mass is 9.85. The zero-order valence-electron chi connectivity index (χ0n) is 16.6. The number of aliphatic hydroxyl groups excluding tert-OH is 1. The van der Waals surface area contributed by atoms with Gasteiger partial charge in [-0.25, -0.2) is 13.2 Å². The van der Waals surface area contributed by atoms with Crippen LogP contribution in [0.15, 0.2) is 64.8 Å². The standard InChI is InChI=1S/C22H22ClNO5S/c1-22(2)20(25)19(21(26)29-22)18(13-6-7-13)14-4-3-5-16(12-14)24-30(27,28)17-10-8-15(23)9-11-17/h3-5,8-13,18,24-25H,6-7H2,1-2H3. The molecule has 1 atom stereocenters. The summed E-state index contributed by atoms with van der Waals surface area (Å²) in [4.78, 5) is 12.6. The molecule has 1 fully saturated rings. The molecule has 2 aromatic carbocycles. The molecular weight excluding hydrogens is 426 g/mol. The third kappa shape index (κ3) is 3.91. The van der Waals surface area contributed by atoms with Crippen molar-refractivity contribution in [1.29, 1.82) is 0 Å². The molecule has 0 spiro atoms. The Kier molecular flexibility index (Phi) is 5.06. The van der Waals surface area contributed by atoms with Crippen LogP contribution in [0.3, 0.4) is 0 Å². The quantitative estimate of drug-likeness (QED) is 0.621. The molecule has 1 heterocycles. The van der Waals surface area contributed by atoms with E-state index in [0.29, 0.717) is 10.7 Å². The first-order valence-electron chi connectivity index (χ1n) is 9.64. The molecule has 0 radical (unpaired) electrons. The third-order valence-corrected chi connectivity index (χ3v) is 7.07. The number of ether oxygens (including phenoxy) is 1. The van der Waals surface area contributed by atoms with Crippen LogP contribution in [-0.4, -0.2) is 25.1 Å². The number of benzene rings is 2. The minimum atomic E-state index is -3.80. The number of sulfonamides is 1. The number of anilines is 1. The molecule has 2 aromatic rings. The fraction of sp³-hybridized carbons (Fsp3) is 0.318. The molecule has 30 heavy (non-hydrogen) atoms. The Balaban J connectivity index is 1.68. The van der Waals surface area contributed by atoms with Crippen molar-refractivity contribution in [2.75, 3.05) is 4.72 Å². The summed E-state index contributed by atoms with van der Waals surface area (Å²) in [5, 5.41) is 11.1. The van der Waals surface area contributed by atoms with E-state index in [0.717, 1.165) is 18.4 Å². The van der Waals surface area contributed by atoms with Gasteiger partial charge >= 0.3 is 5.97 Å². The van der Waals surface area contributed by atoms with E-state index >= 15 is 0 Å². The van der Waals surface area contributed by atoms with E-state index in [1.807, 2.05) is 6.07 Å². The predicted octanol–water partition coefficient (Wildman–Crippen LogP) is 4.78. The fourth-order valence-electron chi connectivity index (χ4n) is 3.76. The third-order valence-electron chi connectivity index (χ3n) is 5.42. The van der Waals surface area contributed by atoms with Crippen molar-refractivity contribution in [2.24, 2.45) is 5.92 Å². The highest BCUT2D eigenvalue weighted by Crippen LogP contribution is 2.50. The first-order valence-corrected chi connectivity index (χ1v) is 11.5.